The van der Waals surface area contributed by atoms with Gasteiger partial charge < -0.3 is 14.6 Å². The first-order valence-electron chi connectivity index (χ1n) is 5.75. The van der Waals surface area contributed by atoms with Gasteiger partial charge >= 0.3 is 5.97 Å². The second-order valence-corrected chi connectivity index (χ2v) is 3.91. The number of pyridine rings is 1. The standard InChI is InChI=1S/C14H12FNO4/c1-19-13-4-2-3-9(16-13)8-20-10-5-6-11(14(17)18)12(15)7-10/h2-7H,8H2,1H3,(H,17,18). The molecule has 5 nitrogen and oxygen atoms in total. The molecule has 6 heteroatoms. The van der Waals surface area contributed by atoms with E-state index in [0.29, 0.717) is 11.6 Å². The normalized spacial score (nSPS) is 10.1. The number of rotatable bonds is 5. The van der Waals surface area contributed by atoms with Crippen molar-refractivity contribution in [3.8, 4) is 11.6 Å². The Morgan fingerprint density at radius 2 is 2.15 bits per heavy atom. The lowest BCUT2D eigenvalue weighted by Gasteiger charge is -2.07. The first-order valence-corrected chi connectivity index (χ1v) is 5.75. The van der Waals surface area contributed by atoms with Gasteiger partial charge in [0.15, 0.2) is 0 Å². The molecule has 1 N–H and O–H groups in total. The third-order valence-corrected chi connectivity index (χ3v) is 2.55. The molecule has 0 saturated heterocycles. The van der Waals surface area contributed by atoms with Gasteiger partial charge in [-0.25, -0.2) is 14.2 Å². The lowest BCUT2D eigenvalue weighted by atomic mass is 10.2. The Labute approximate surface area is 114 Å². The molecule has 0 aliphatic heterocycles. The maximum absolute atomic E-state index is 13.4. The molecule has 0 saturated carbocycles. The molecule has 0 atom stereocenters. The number of carboxylic acids is 1. The summed E-state index contributed by atoms with van der Waals surface area (Å²) in [6.07, 6.45) is 0. The molecule has 1 aromatic heterocycles. The van der Waals surface area contributed by atoms with Crippen LogP contribution in [0.25, 0.3) is 0 Å². The number of benzene rings is 1. The third-order valence-electron chi connectivity index (χ3n) is 2.55. The molecule has 20 heavy (non-hydrogen) atoms. The molecule has 0 fully saturated rings. The summed E-state index contributed by atoms with van der Waals surface area (Å²) in [5.41, 5.74) is 0.226. The Kier molecular flexibility index (Phi) is 4.14. The highest BCUT2D eigenvalue weighted by molar-refractivity contribution is 5.88. The first kappa shape index (κ1) is 13.8. The van der Waals surface area contributed by atoms with Crippen LogP contribution in [0.3, 0.4) is 0 Å². The zero-order valence-electron chi connectivity index (χ0n) is 10.7. The average Bonchev–Trinajstić information content (AvgIpc) is 2.45. The molecule has 1 heterocycles. The molecular weight excluding hydrogens is 265 g/mol. The van der Waals surface area contributed by atoms with Crippen LogP contribution >= 0.6 is 0 Å². The monoisotopic (exact) mass is 277 g/mol. The van der Waals surface area contributed by atoms with Gasteiger partial charge in [-0.3, -0.25) is 0 Å². The molecule has 0 bridgehead atoms. The minimum Gasteiger partial charge on any atom is -0.487 e. The maximum Gasteiger partial charge on any atom is 0.338 e. The third kappa shape index (κ3) is 3.23. The Hall–Kier alpha value is -2.63. The Bertz CT molecular complexity index is 630. The van der Waals surface area contributed by atoms with Gasteiger partial charge in [0, 0.05) is 12.1 Å². The van der Waals surface area contributed by atoms with E-state index >= 15 is 0 Å². The number of aromatic carboxylic acids is 1. The van der Waals surface area contributed by atoms with Gasteiger partial charge in [0.25, 0.3) is 0 Å². The van der Waals surface area contributed by atoms with E-state index in [4.69, 9.17) is 14.6 Å². The van der Waals surface area contributed by atoms with Crippen LogP contribution in [0.5, 0.6) is 11.6 Å². The van der Waals surface area contributed by atoms with Crippen molar-refractivity contribution in [2.24, 2.45) is 0 Å². The molecule has 0 spiro atoms. The van der Waals surface area contributed by atoms with Gasteiger partial charge in [-0.2, -0.15) is 0 Å². The number of ether oxygens (including phenoxy) is 2. The number of nitrogens with zero attached hydrogens (tertiary/aromatic N) is 1. The number of aromatic nitrogens is 1. The van der Waals surface area contributed by atoms with Crippen LogP contribution in [0.4, 0.5) is 4.39 Å². The van der Waals surface area contributed by atoms with Crippen molar-refractivity contribution in [1.82, 2.24) is 4.98 Å². The van der Waals surface area contributed by atoms with Crippen LogP contribution in [0.15, 0.2) is 36.4 Å². The van der Waals surface area contributed by atoms with E-state index in [9.17, 15) is 9.18 Å². The summed E-state index contributed by atoms with van der Waals surface area (Å²) in [6, 6.07) is 8.79. The number of methoxy groups -OCH3 is 1. The highest BCUT2D eigenvalue weighted by Gasteiger charge is 2.11. The quantitative estimate of drug-likeness (QED) is 0.909. The van der Waals surface area contributed by atoms with Crippen molar-refractivity contribution in [2.45, 2.75) is 6.61 Å². The lowest BCUT2D eigenvalue weighted by Crippen LogP contribution is -2.03. The number of halogens is 1. The summed E-state index contributed by atoms with van der Waals surface area (Å²) < 4.78 is 23.8. The minimum absolute atomic E-state index is 0.128. The van der Waals surface area contributed by atoms with Crippen molar-refractivity contribution in [2.75, 3.05) is 7.11 Å². The van der Waals surface area contributed by atoms with Crippen LogP contribution in [0.2, 0.25) is 0 Å². The number of hydrogen-bond acceptors (Lipinski definition) is 4. The molecule has 0 radical (unpaired) electrons. The molecule has 2 aromatic rings. The SMILES string of the molecule is COc1cccc(COc2ccc(C(=O)O)c(F)c2)n1. The molecule has 1 aromatic carbocycles. The molecule has 2 rings (SSSR count). The van der Waals surface area contributed by atoms with Crippen LogP contribution in [-0.4, -0.2) is 23.2 Å². The fourth-order valence-corrected chi connectivity index (χ4v) is 1.57. The second kappa shape index (κ2) is 6.01. The average molecular weight is 277 g/mol. The van der Waals surface area contributed by atoms with Gasteiger partial charge in [-0.1, -0.05) is 6.07 Å². The molecule has 104 valence electrons. The molecule has 0 unspecified atom stereocenters. The molecular formula is C14H12FNO4. The van der Waals surface area contributed by atoms with E-state index in [1.165, 1.54) is 13.2 Å². The smallest absolute Gasteiger partial charge is 0.338 e. The summed E-state index contributed by atoms with van der Waals surface area (Å²) in [7, 11) is 1.51. The highest BCUT2D eigenvalue weighted by atomic mass is 19.1. The van der Waals surface area contributed by atoms with Gasteiger partial charge in [0.2, 0.25) is 5.88 Å². The topological polar surface area (TPSA) is 68.7 Å². The van der Waals surface area contributed by atoms with Gasteiger partial charge in [-0.15, -0.1) is 0 Å². The van der Waals surface area contributed by atoms with E-state index in [2.05, 4.69) is 4.98 Å². The van der Waals surface area contributed by atoms with E-state index in [1.807, 2.05) is 0 Å². The van der Waals surface area contributed by atoms with Crippen molar-refractivity contribution < 1.29 is 23.8 Å². The zero-order valence-corrected chi connectivity index (χ0v) is 10.7. The van der Waals surface area contributed by atoms with Crippen molar-refractivity contribution >= 4 is 5.97 Å². The fraction of sp³-hybridized carbons (Fsp3) is 0.143. The van der Waals surface area contributed by atoms with E-state index in [0.717, 1.165) is 12.1 Å². The minimum atomic E-state index is -1.32. The summed E-state index contributed by atoms with van der Waals surface area (Å²) in [5, 5.41) is 8.72. The lowest BCUT2D eigenvalue weighted by molar-refractivity contribution is 0.0692. The second-order valence-electron chi connectivity index (χ2n) is 3.91. The van der Waals surface area contributed by atoms with Crippen LogP contribution < -0.4 is 9.47 Å². The van der Waals surface area contributed by atoms with Crippen molar-refractivity contribution in [3.63, 3.8) is 0 Å². The Morgan fingerprint density at radius 1 is 1.35 bits per heavy atom. The van der Waals surface area contributed by atoms with Crippen molar-refractivity contribution in [1.29, 1.82) is 0 Å². The predicted octanol–water partition coefficient (Wildman–Crippen LogP) is 2.51. The summed E-state index contributed by atoms with van der Waals surface area (Å²) in [5.74, 6) is -1.47. The van der Waals surface area contributed by atoms with Gasteiger partial charge in [0.1, 0.15) is 18.2 Å². The largest absolute Gasteiger partial charge is 0.487 e. The van der Waals surface area contributed by atoms with Crippen molar-refractivity contribution in [3.05, 3.63) is 53.5 Å². The summed E-state index contributed by atoms with van der Waals surface area (Å²) >= 11 is 0. The van der Waals surface area contributed by atoms with Gasteiger partial charge in [-0.05, 0) is 18.2 Å². The Balaban J connectivity index is 2.07. The number of carboxylic acid groups (broad SMARTS) is 1. The predicted molar refractivity (Wildman–Crippen MR) is 68.5 cm³/mol. The van der Waals surface area contributed by atoms with Crippen LogP contribution in [0.1, 0.15) is 16.1 Å². The van der Waals surface area contributed by atoms with Crippen LogP contribution in [0, 0.1) is 5.82 Å². The van der Waals surface area contributed by atoms with Gasteiger partial charge in [0.05, 0.1) is 18.4 Å². The molecule has 0 aliphatic rings. The molecule has 0 amide bonds. The number of carbonyl (C=O) groups is 1. The summed E-state index contributed by atoms with van der Waals surface area (Å²) in [6.45, 7) is 0.128. The highest BCUT2D eigenvalue weighted by Crippen LogP contribution is 2.18. The Morgan fingerprint density at radius 3 is 2.80 bits per heavy atom. The summed E-state index contributed by atoms with van der Waals surface area (Å²) in [4.78, 5) is 14.8. The van der Waals surface area contributed by atoms with E-state index < -0.39 is 17.3 Å². The molecule has 0 aliphatic carbocycles. The van der Waals surface area contributed by atoms with Crippen LogP contribution in [-0.2, 0) is 6.61 Å². The zero-order chi connectivity index (χ0) is 14.5. The van der Waals surface area contributed by atoms with E-state index in [-0.39, 0.29) is 12.4 Å². The maximum atomic E-state index is 13.4. The first-order chi connectivity index (χ1) is 9.60. The van der Waals surface area contributed by atoms with E-state index in [1.54, 1.807) is 18.2 Å². The number of hydrogen-bond donors (Lipinski definition) is 1. The fourth-order valence-electron chi connectivity index (χ4n) is 1.57.